The van der Waals surface area contributed by atoms with Crippen LogP contribution < -0.4 is 5.32 Å². The maximum atomic E-state index is 13.4. The van der Waals surface area contributed by atoms with Crippen LogP contribution in [0, 0.1) is 5.82 Å². The first-order valence-corrected chi connectivity index (χ1v) is 5.26. The molecular formula is C10H11BrFNO. The third kappa shape index (κ3) is 1.82. The summed E-state index contributed by atoms with van der Waals surface area (Å²) < 4.78 is 14.1. The molecule has 0 unspecified atom stereocenters. The fourth-order valence-electron chi connectivity index (χ4n) is 1.57. The van der Waals surface area contributed by atoms with Crippen molar-refractivity contribution >= 4 is 15.9 Å². The van der Waals surface area contributed by atoms with Gasteiger partial charge in [-0.15, -0.1) is 0 Å². The quantitative estimate of drug-likeness (QED) is 0.843. The third-order valence-corrected chi connectivity index (χ3v) is 3.22. The molecule has 4 heteroatoms. The molecule has 0 radical (unpaired) electrons. The summed E-state index contributed by atoms with van der Waals surface area (Å²) in [6, 6.07) is 4.84. The van der Waals surface area contributed by atoms with E-state index >= 15 is 0 Å². The van der Waals surface area contributed by atoms with Crippen LogP contribution in [-0.2, 0) is 6.42 Å². The van der Waals surface area contributed by atoms with E-state index in [9.17, 15) is 9.50 Å². The number of nitrogens with one attached hydrogen (secondary N) is 1. The summed E-state index contributed by atoms with van der Waals surface area (Å²) >= 11 is 3.28. The van der Waals surface area contributed by atoms with Gasteiger partial charge in [0.1, 0.15) is 5.82 Å². The Kier molecular flexibility index (Phi) is 2.60. The molecule has 1 saturated heterocycles. The number of halogens is 2. The zero-order valence-electron chi connectivity index (χ0n) is 7.56. The van der Waals surface area contributed by atoms with Gasteiger partial charge in [0.05, 0.1) is 5.60 Å². The molecule has 1 aliphatic rings. The Balaban J connectivity index is 2.23. The molecule has 76 valence electrons. The molecule has 2 rings (SSSR count). The molecule has 1 aromatic carbocycles. The average molecular weight is 260 g/mol. The molecule has 0 aliphatic carbocycles. The fraction of sp³-hybridized carbons (Fsp3) is 0.400. The Bertz CT molecular complexity index is 332. The number of aliphatic hydroxyl groups is 1. The molecule has 2 N–H and O–H groups in total. The van der Waals surface area contributed by atoms with E-state index in [4.69, 9.17) is 0 Å². The maximum Gasteiger partial charge on any atom is 0.127 e. The van der Waals surface area contributed by atoms with Gasteiger partial charge in [0.2, 0.25) is 0 Å². The Morgan fingerprint density at radius 2 is 2.21 bits per heavy atom. The van der Waals surface area contributed by atoms with Crippen molar-refractivity contribution in [3.63, 3.8) is 0 Å². The summed E-state index contributed by atoms with van der Waals surface area (Å²) in [6.07, 6.45) is 0.354. The maximum absolute atomic E-state index is 13.4. The van der Waals surface area contributed by atoms with Crippen LogP contribution in [0.1, 0.15) is 5.56 Å². The van der Waals surface area contributed by atoms with Crippen molar-refractivity contribution in [3.8, 4) is 0 Å². The summed E-state index contributed by atoms with van der Waals surface area (Å²) in [5.41, 5.74) is -0.221. The second kappa shape index (κ2) is 3.61. The van der Waals surface area contributed by atoms with E-state index in [1.54, 1.807) is 12.1 Å². The highest BCUT2D eigenvalue weighted by molar-refractivity contribution is 9.10. The number of benzene rings is 1. The van der Waals surface area contributed by atoms with Crippen LogP contribution in [0.15, 0.2) is 22.7 Å². The minimum Gasteiger partial charge on any atom is -0.387 e. The molecule has 1 fully saturated rings. The van der Waals surface area contributed by atoms with Gasteiger partial charge in [0.25, 0.3) is 0 Å². The van der Waals surface area contributed by atoms with Gasteiger partial charge in [-0.2, -0.15) is 0 Å². The Morgan fingerprint density at radius 1 is 1.50 bits per heavy atom. The molecular weight excluding hydrogens is 249 g/mol. The summed E-state index contributed by atoms with van der Waals surface area (Å²) in [5.74, 6) is -0.264. The van der Waals surface area contributed by atoms with Crippen LogP contribution in [0.4, 0.5) is 4.39 Å². The normalized spacial score (nSPS) is 19.1. The van der Waals surface area contributed by atoms with Gasteiger partial charge >= 0.3 is 0 Å². The summed E-state index contributed by atoms with van der Waals surface area (Å²) in [6.45, 7) is 1.07. The number of hydrogen-bond donors (Lipinski definition) is 2. The Hall–Kier alpha value is -0.450. The molecule has 1 heterocycles. The van der Waals surface area contributed by atoms with Gasteiger partial charge in [-0.25, -0.2) is 4.39 Å². The smallest absolute Gasteiger partial charge is 0.127 e. The Labute approximate surface area is 90.3 Å². The third-order valence-electron chi connectivity index (χ3n) is 2.48. The van der Waals surface area contributed by atoms with Crippen LogP contribution in [0.2, 0.25) is 0 Å². The lowest BCUT2D eigenvalue weighted by molar-refractivity contribution is -0.00982. The zero-order chi connectivity index (χ0) is 10.2. The highest BCUT2D eigenvalue weighted by Gasteiger charge is 2.35. The van der Waals surface area contributed by atoms with Crippen LogP contribution in [0.5, 0.6) is 0 Å². The molecule has 2 nitrogen and oxygen atoms in total. The lowest BCUT2D eigenvalue weighted by Gasteiger charge is -2.38. The molecule has 0 atom stereocenters. The monoisotopic (exact) mass is 259 g/mol. The van der Waals surface area contributed by atoms with Crippen LogP contribution in [-0.4, -0.2) is 23.8 Å². The summed E-state index contributed by atoms with van der Waals surface area (Å²) in [4.78, 5) is 0. The van der Waals surface area contributed by atoms with Gasteiger partial charge in [-0.1, -0.05) is 22.0 Å². The molecule has 0 saturated carbocycles. The van der Waals surface area contributed by atoms with E-state index in [1.807, 2.05) is 0 Å². The minimum absolute atomic E-state index is 0.264. The molecule has 14 heavy (non-hydrogen) atoms. The standard InChI is InChI=1S/C10H11BrFNO/c11-8-2-1-3-9(12)7(8)4-10(14)5-13-6-10/h1-3,13-14H,4-6H2. The second-order valence-electron chi connectivity index (χ2n) is 3.70. The topological polar surface area (TPSA) is 32.3 Å². The van der Waals surface area contributed by atoms with Gasteiger partial charge in [0, 0.05) is 29.5 Å². The minimum atomic E-state index is -0.773. The van der Waals surface area contributed by atoms with Crippen LogP contribution in [0.25, 0.3) is 0 Å². The lowest BCUT2D eigenvalue weighted by atomic mass is 9.89. The molecule has 0 aromatic heterocycles. The first-order valence-electron chi connectivity index (χ1n) is 4.47. The van der Waals surface area contributed by atoms with Crippen molar-refractivity contribution in [1.29, 1.82) is 0 Å². The molecule has 1 aliphatic heterocycles. The van der Waals surface area contributed by atoms with E-state index in [0.717, 1.165) is 4.47 Å². The molecule has 0 amide bonds. The van der Waals surface area contributed by atoms with Crippen molar-refractivity contribution < 1.29 is 9.50 Å². The van der Waals surface area contributed by atoms with E-state index < -0.39 is 5.60 Å². The fourth-order valence-corrected chi connectivity index (χ4v) is 2.05. The largest absolute Gasteiger partial charge is 0.387 e. The predicted molar refractivity (Wildman–Crippen MR) is 55.6 cm³/mol. The predicted octanol–water partition coefficient (Wildman–Crippen LogP) is 1.46. The SMILES string of the molecule is OC1(Cc2c(F)cccc2Br)CNC1. The van der Waals surface area contributed by atoms with Crippen LogP contribution in [0.3, 0.4) is 0 Å². The van der Waals surface area contributed by atoms with Crippen molar-refractivity contribution in [2.45, 2.75) is 12.0 Å². The van der Waals surface area contributed by atoms with Crippen molar-refractivity contribution in [3.05, 3.63) is 34.1 Å². The summed E-state index contributed by atoms with van der Waals surface area (Å²) in [5, 5.41) is 12.8. The zero-order valence-corrected chi connectivity index (χ0v) is 9.14. The molecule has 0 spiro atoms. The number of hydrogen-bond acceptors (Lipinski definition) is 2. The highest BCUT2D eigenvalue weighted by Crippen LogP contribution is 2.26. The second-order valence-corrected chi connectivity index (χ2v) is 4.56. The summed E-state index contributed by atoms with van der Waals surface area (Å²) in [7, 11) is 0. The highest BCUT2D eigenvalue weighted by atomic mass is 79.9. The van der Waals surface area contributed by atoms with E-state index in [2.05, 4.69) is 21.2 Å². The van der Waals surface area contributed by atoms with Crippen molar-refractivity contribution in [2.75, 3.05) is 13.1 Å². The van der Waals surface area contributed by atoms with E-state index in [1.165, 1.54) is 6.07 Å². The Morgan fingerprint density at radius 3 is 2.71 bits per heavy atom. The van der Waals surface area contributed by atoms with Crippen LogP contribution >= 0.6 is 15.9 Å². The van der Waals surface area contributed by atoms with Gasteiger partial charge in [0.15, 0.2) is 0 Å². The van der Waals surface area contributed by atoms with Crippen molar-refractivity contribution in [2.24, 2.45) is 0 Å². The van der Waals surface area contributed by atoms with Gasteiger partial charge in [-0.05, 0) is 12.1 Å². The van der Waals surface area contributed by atoms with Crippen molar-refractivity contribution in [1.82, 2.24) is 5.32 Å². The first-order chi connectivity index (χ1) is 6.61. The average Bonchev–Trinajstić information content (AvgIpc) is 2.09. The van der Waals surface area contributed by atoms with Gasteiger partial charge in [-0.3, -0.25) is 0 Å². The van der Waals surface area contributed by atoms with E-state index in [0.29, 0.717) is 25.1 Å². The van der Waals surface area contributed by atoms with E-state index in [-0.39, 0.29) is 5.82 Å². The van der Waals surface area contributed by atoms with Gasteiger partial charge < -0.3 is 10.4 Å². The number of rotatable bonds is 2. The first kappa shape index (κ1) is 10.1. The molecule has 0 bridgehead atoms. The molecule has 1 aromatic rings. The lowest BCUT2D eigenvalue weighted by Crippen LogP contribution is -2.60. The number of β-amino-alcohol motifs (C(OH)–C–C–N with tert-alkyl or cyclic N) is 1.